The maximum absolute atomic E-state index is 9.70. The van der Waals surface area contributed by atoms with Gasteiger partial charge in [0.2, 0.25) is 0 Å². The van der Waals surface area contributed by atoms with Gasteiger partial charge in [-0.05, 0) is 28.2 Å². The third-order valence-electron chi connectivity index (χ3n) is 2.03. The quantitative estimate of drug-likeness (QED) is 0.541. The predicted octanol–water partition coefficient (Wildman–Crippen LogP) is -1.15. The molecule has 0 saturated heterocycles. The molecule has 5 heteroatoms. The van der Waals surface area contributed by atoms with Gasteiger partial charge in [-0.2, -0.15) is 0 Å². The van der Waals surface area contributed by atoms with Crippen molar-refractivity contribution >= 4 is 0 Å². The van der Waals surface area contributed by atoms with Crippen LogP contribution in [0.1, 0.15) is 0 Å². The number of hydrogen-bond donors (Lipinski definition) is 2. The van der Waals surface area contributed by atoms with Gasteiger partial charge in [-0.3, -0.25) is 0 Å². The lowest BCUT2D eigenvalue weighted by Crippen LogP contribution is -2.40. The highest BCUT2D eigenvalue weighted by molar-refractivity contribution is 4.70. The summed E-state index contributed by atoms with van der Waals surface area (Å²) in [6, 6.07) is 0. The van der Waals surface area contributed by atoms with E-state index in [0.29, 0.717) is 13.2 Å². The molecule has 0 aliphatic carbocycles. The molecule has 0 aromatic heterocycles. The molecular formula is C10H24N2O3. The van der Waals surface area contributed by atoms with Crippen LogP contribution in [0.3, 0.4) is 0 Å². The normalized spacial score (nSPS) is 16.0. The molecule has 0 fully saturated rings. The van der Waals surface area contributed by atoms with Crippen molar-refractivity contribution in [3.8, 4) is 0 Å². The van der Waals surface area contributed by atoms with Crippen LogP contribution in [0.25, 0.3) is 0 Å². The molecular weight excluding hydrogens is 196 g/mol. The Bertz CT molecular complexity index is 154. The number of rotatable bonds is 8. The van der Waals surface area contributed by atoms with Crippen molar-refractivity contribution in [3.63, 3.8) is 0 Å². The number of nitrogens with zero attached hydrogens (tertiary/aromatic N) is 2. The van der Waals surface area contributed by atoms with E-state index in [2.05, 4.69) is 0 Å². The van der Waals surface area contributed by atoms with Gasteiger partial charge in [0.25, 0.3) is 0 Å². The first kappa shape index (κ1) is 14.8. The minimum absolute atomic E-state index is 0.150. The fourth-order valence-electron chi connectivity index (χ4n) is 1.16. The smallest absolute Gasteiger partial charge is 0.108 e. The summed E-state index contributed by atoms with van der Waals surface area (Å²) in [6.45, 7) is 1.64. The first-order valence-electron chi connectivity index (χ1n) is 5.17. The lowest BCUT2D eigenvalue weighted by atomic mass is 10.2. The molecule has 0 aromatic rings. The summed E-state index contributed by atoms with van der Waals surface area (Å²) in [6.07, 6.45) is -1.14. The lowest BCUT2D eigenvalue weighted by Gasteiger charge is -2.24. The molecule has 2 N–H and O–H groups in total. The second-order valence-electron chi connectivity index (χ2n) is 4.22. The van der Waals surface area contributed by atoms with Crippen LogP contribution in [0.2, 0.25) is 0 Å². The Balaban J connectivity index is 3.79. The molecule has 0 aromatic carbocycles. The highest BCUT2D eigenvalue weighted by atomic mass is 16.5. The third kappa shape index (κ3) is 7.70. The van der Waals surface area contributed by atoms with Crippen molar-refractivity contribution in [2.24, 2.45) is 0 Å². The molecule has 0 heterocycles. The van der Waals surface area contributed by atoms with E-state index in [4.69, 9.17) is 9.84 Å². The molecule has 0 aliphatic rings. The zero-order valence-corrected chi connectivity index (χ0v) is 10.2. The molecule has 0 saturated carbocycles. The third-order valence-corrected chi connectivity index (χ3v) is 2.03. The van der Waals surface area contributed by atoms with Crippen LogP contribution < -0.4 is 0 Å². The van der Waals surface area contributed by atoms with Crippen LogP contribution in [0.5, 0.6) is 0 Å². The maximum Gasteiger partial charge on any atom is 0.108 e. The number of aliphatic hydroxyl groups excluding tert-OH is 2. The van der Waals surface area contributed by atoms with Crippen molar-refractivity contribution in [2.75, 3.05) is 54.5 Å². The van der Waals surface area contributed by atoms with Crippen LogP contribution >= 0.6 is 0 Å². The largest absolute Gasteiger partial charge is 0.394 e. The van der Waals surface area contributed by atoms with Gasteiger partial charge in [-0.25, -0.2) is 0 Å². The van der Waals surface area contributed by atoms with Gasteiger partial charge in [0.05, 0.1) is 19.3 Å². The highest BCUT2D eigenvalue weighted by Gasteiger charge is 2.19. The van der Waals surface area contributed by atoms with E-state index in [0.717, 1.165) is 6.54 Å². The standard InChI is InChI=1S/C10H24N2O3/c1-11(2)5-6-15-10(8-13)9(14)7-12(3)4/h9-10,13-14H,5-8H2,1-4H3. The molecule has 0 bridgehead atoms. The minimum Gasteiger partial charge on any atom is -0.394 e. The van der Waals surface area contributed by atoms with E-state index < -0.39 is 12.2 Å². The fraction of sp³-hybridized carbons (Fsp3) is 1.00. The average Bonchev–Trinajstić information content (AvgIpc) is 2.10. The number of likely N-dealkylation sites (N-methyl/N-ethyl adjacent to an activating group) is 2. The second kappa shape index (κ2) is 8.01. The van der Waals surface area contributed by atoms with E-state index >= 15 is 0 Å². The molecule has 0 radical (unpaired) electrons. The van der Waals surface area contributed by atoms with Gasteiger partial charge < -0.3 is 24.7 Å². The lowest BCUT2D eigenvalue weighted by molar-refractivity contribution is -0.0715. The van der Waals surface area contributed by atoms with Gasteiger partial charge in [0.1, 0.15) is 6.10 Å². The summed E-state index contributed by atoms with van der Waals surface area (Å²) in [5.41, 5.74) is 0. The Kier molecular flexibility index (Phi) is 7.90. The van der Waals surface area contributed by atoms with Crippen molar-refractivity contribution in [1.29, 1.82) is 0 Å². The van der Waals surface area contributed by atoms with E-state index in [-0.39, 0.29) is 6.61 Å². The van der Waals surface area contributed by atoms with Crippen LogP contribution in [0, 0.1) is 0 Å². The SMILES string of the molecule is CN(C)CCOC(CO)C(O)CN(C)C. The summed E-state index contributed by atoms with van der Waals surface area (Å²) >= 11 is 0. The molecule has 0 aliphatic heterocycles. The minimum atomic E-state index is -0.646. The van der Waals surface area contributed by atoms with Crippen LogP contribution in [0.4, 0.5) is 0 Å². The highest BCUT2D eigenvalue weighted by Crippen LogP contribution is 2.00. The fourth-order valence-corrected chi connectivity index (χ4v) is 1.16. The topological polar surface area (TPSA) is 56.2 Å². The van der Waals surface area contributed by atoms with E-state index in [9.17, 15) is 5.11 Å². The zero-order chi connectivity index (χ0) is 11.8. The molecule has 92 valence electrons. The number of ether oxygens (including phenoxy) is 1. The predicted molar refractivity (Wildman–Crippen MR) is 59.9 cm³/mol. The van der Waals surface area contributed by atoms with E-state index in [1.165, 1.54) is 0 Å². The monoisotopic (exact) mass is 220 g/mol. The van der Waals surface area contributed by atoms with E-state index in [1.807, 2.05) is 38.0 Å². The van der Waals surface area contributed by atoms with Crippen molar-refractivity contribution in [2.45, 2.75) is 12.2 Å². The summed E-state index contributed by atoms with van der Waals surface area (Å²) < 4.78 is 5.40. The Morgan fingerprint density at radius 1 is 1.13 bits per heavy atom. The molecule has 0 rings (SSSR count). The average molecular weight is 220 g/mol. The summed E-state index contributed by atoms with van der Waals surface area (Å²) in [5.74, 6) is 0. The number of aliphatic hydroxyl groups is 2. The van der Waals surface area contributed by atoms with Crippen molar-refractivity contribution < 1.29 is 14.9 Å². The molecule has 2 atom stereocenters. The second-order valence-corrected chi connectivity index (χ2v) is 4.22. The van der Waals surface area contributed by atoms with Gasteiger partial charge in [-0.1, -0.05) is 0 Å². The van der Waals surface area contributed by atoms with E-state index in [1.54, 1.807) is 0 Å². The van der Waals surface area contributed by atoms with Gasteiger partial charge in [0.15, 0.2) is 0 Å². The van der Waals surface area contributed by atoms with Crippen LogP contribution in [0.15, 0.2) is 0 Å². The molecule has 0 amide bonds. The summed E-state index contributed by atoms with van der Waals surface area (Å²) in [7, 11) is 7.65. The maximum atomic E-state index is 9.70. The Labute approximate surface area is 92.2 Å². The summed E-state index contributed by atoms with van der Waals surface area (Å²) in [4.78, 5) is 3.86. The van der Waals surface area contributed by atoms with Crippen molar-refractivity contribution in [3.05, 3.63) is 0 Å². The molecule has 0 spiro atoms. The van der Waals surface area contributed by atoms with Gasteiger partial charge in [0, 0.05) is 13.1 Å². The van der Waals surface area contributed by atoms with Gasteiger partial charge in [-0.15, -0.1) is 0 Å². The van der Waals surface area contributed by atoms with Crippen LogP contribution in [-0.4, -0.2) is 86.7 Å². The zero-order valence-electron chi connectivity index (χ0n) is 10.2. The van der Waals surface area contributed by atoms with Gasteiger partial charge >= 0.3 is 0 Å². The van der Waals surface area contributed by atoms with Crippen LogP contribution in [-0.2, 0) is 4.74 Å². The molecule has 2 unspecified atom stereocenters. The Hall–Kier alpha value is -0.200. The molecule has 5 nitrogen and oxygen atoms in total. The van der Waals surface area contributed by atoms with Crippen molar-refractivity contribution in [1.82, 2.24) is 9.80 Å². The Morgan fingerprint density at radius 2 is 1.73 bits per heavy atom. The molecule has 15 heavy (non-hydrogen) atoms. The number of hydrogen-bond acceptors (Lipinski definition) is 5. The summed E-state index contributed by atoms with van der Waals surface area (Å²) in [5, 5.41) is 18.8. The Morgan fingerprint density at radius 3 is 2.13 bits per heavy atom. The first-order chi connectivity index (χ1) is 6.97. The first-order valence-corrected chi connectivity index (χ1v) is 5.17.